The summed E-state index contributed by atoms with van der Waals surface area (Å²) in [4.78, 5) is 20.4. The molecule has 1 aliphatic heterocycles. The molecule has 3 N–H and O–H groups in total. The first-order valence-corrected chi connectivity index (χ1v) is 6.89. The van der Waals surface area contributed by atoms with Crippen LogP contribution in [0.4, 0.5) is 0 Å². The second-order valence-electron chi connectivity index (χ2n) is 5.09. The van der Waals surface area contributed by atoms with Gasteiger partial charge in [-0.3, -0.25) is 9.78 Å². The maximum absolute atomic E-state index is 12.2. The molecule has 21 heavy (non-hydrogen) atoms. The molecular formula is C14H18N6O. The molecule has 3 rings (SSSR count). The van der Waals surface area contributed by atoms with E-state index in [-0.39, 0.29) is 18.0 Å². The third kappa shape index (κ3) is 3.09. The average molecular weight is 286 g/mol. The van der Waals surface area contributed by atoms with E-state index in [1.165, 1.54) is 0 Å². The van der Waals surface area contributed by atoms with Gasteiger partial charge in [-0.15, -0.1) is 0 Å². The van der Waals surface area contributed by atoms with Crippen LogP contribution in [0.3, 0.4) is 0 Å². The minimum absolute atomic E-state index is 0.0307. The topological polar surface area (TPSA) is 83.9 Å². The van der Waals surface area contributed by atoms with Gasteiger partial charge in [0.15, 0.2) is 0 Å². The van der Waals surface area contributed by atoms with Crippen molar-refractivity contribution < 1.29 is 4.79 Å². The summed E-state index contributed by atoms with van der Waals surface area (Å²) in [5.74, 6) is 0.801. The van der Waals surface area contributed by atoms with E-state index in [1.54, 1.807) is 12.4 Å². The Labute approximate surface area is 122 Å². The average Bonchev–Trinajstić information content (AvgIpc) is 3.15. The Kier molecular flexibility index (Phi) is 3.94. The van der Waals surface area contributed by atoms with Gasteiger partial charge in [-0.1, -0.05) is 6.07 Å². The lowest BCUT2D eigenvalue weighted by Crippen LogP contribution is -2.43. The Morgan fingerprint density at radius 1 is 1.48 bits per heavy atom. The van der Waals surface area contributed by atoms with Gasteiger partial charge in [0.1, 0.15) is 11.9 Å². The van der Waals surface area contributed by atoms with Crippen molar-refractivity contribution in [3.8, 4) is 0 Å². The van der Waals surface area contributed by atoms with Crippen molar-refractivity contribution in [2.75, 3.05) is 0 Å². The van der Waals surface area contributed by atoms with Crippen molar-refractivity contribution in [2.24, 2.45) is 7.05 Å². The number of carbonyl (C=O) groups is 1. The maximum atomic E-state index is 12.2. The van der Waals surface area contributed by atoms with Gasteiger partial charge in [0.05, 0.1) is 6.54 Å². The lowest BCUT2D eigenvalue weighted by molar-refractivity contribution is -0.123. The quantitative estimate of drug-likeness (QED) is 0.739. The molecule has 0 radical (unpaired) electrons. The summed E-state index contributed by atoms with van der Waals surface area (Å²) in [6.07, 6.45) is 7.82. The predicted molar refractivity (Wildman–Crippen MR) is 76.7 cm³/mol. The van der Waals surface area contributed by atoms with E-state index in [4.69, 9.17) is 0 Å². The van der Waals surface area contributed by atoms with E-state index in [9.17, 15) is 4.79 Å². The molecular weight excluding hydrogens is 268 g/mol. The van der Waals surface area contributed by atoms with Crippen LogP contribution < -0.4 is 16.2 Å². The zero-order chi connectivity index (χ0) is 14.7. The Hall–Kier alpha value is -2.25. The molecule has 1 fully saturated rings. The van der Waals surface area contributed by atoms with Gasteiger partial charge in [-0.2, -0.15) is 0 Å². The summed E-state index contributed by atoms with van der Waals surface area (Å²) in [6, 6.07) is 3.74. The van der Waals surface area contributed by atoms with Gasteiger partial charge in [-0.05, 0) is 18.1 Å². The van der Waals surface area contributed by atoms with Crippen molar-refractivity contribution in [2.45, 2.75) is 25.0 Å². The number of aromatic nitrogens is 3. The van der Waals surface area contributed by atoms with E-state index in [0.29, 0.717) is 13.0 Å². The molecule has 110 valence electrons. The molecule has 0 spiro atoms. The SMILES string of the molecule is Cn1ccnc1CNC(=O)C1CC(c2cccnc2)NN1. The number of carbonyl (C=O) groups excluding carboxylic acids is 1. The maximum Gasteiger partial charge on any atom is 0.238 e. The summed E-state index contributed by atoms with van der Waals surface area (Å²) >= 11 is 0. The number of hydrogen-bond donors (Lipinski definition) is 3. The highest BCUT2D eigenvalue weighted by Gasteiger charge is 2.30. The monoisotopic (exact) mass is 286 g/mol. The molecule has 0 saturated carbocycles. The van der Waals surface area contributed by atoms with Gasteiger partial charge in [0.2, 0.25) is 5.91 Å². The number of pyridine rings is 1. The lowest BCUT2D eigenvalue weighted by Gasteiger charge is -2.10. The molecule has 0 bridgehead atoms. The number of aryl methyl sites for hydroxylation is 1. The Bertz CT molecular complexity index is 611. The van der Waals surface area contributed by atoms with Gasteiger partial charge in [0.25, 0.3) is 0 Å². The van der Waals surface area contributed by atoms with E-state index in [2.05, 4.69) is 26.1 Å². The highest BCUT2D eigenvalue weighted by Crippen LogP contribution is 2.21. The summed E-state index contributed by atoms with van der Waals surface area (Å²) in [5.41, 5.74) is 7.24. The van der Waals surface area contributed by atoms with Crippen molar-refractivity contribution in [1.82, 2.24) is 30.7 Å². The van der Waals surface area contributed by atoms with Crippen LogP contribution in [0.1, 0.15) is 23.9 Å². The van der Waals surface area contributed by atoms with Crippen LogP contribution in [0, 0.1) is 0 Å². The molecule has 2 aromatic heterocycles. The zero-order valence-electron chi connectivity index (χ0n) is 11.8. The first-order chi connectivity index (χ1) is 10.2. The van der Waals surface area contributed by atoms with Crippen LogP contribution in [-0.2, 0) is 18.4 Å². The summed E-state index contributed by atoms with van der Waals surface area (Å²) in [6.45, 7) is 0.429. The zero-order valence-corrected chi connectivity index (χ0v) is 11.8. The first kappa shape index (κ1) is 13.7. The van der Waals surface area contributed by atoms with E-state index < -0.39 is 0 Å². The number of nitrogens with one attached hydrogen (secondary N) is 3. The lowest BCUT2D eigenvalue weighted by atomic mass is 10.0. The summed E-state index contributed by atoms with van der Waals surface area (Å²) in [7, 11) is 1.91. The summed E-state index contributed by atoms with van der Waals surface area (Å²) < 4.78 is 1.89. The van der Waals surface area contributed by atoms with E-state index in [0.717, 1.165) is 11.4 Å². The first-order valence-electron chi connectivity index (χ1n) is 6.89. The summed E-state index contributed by atoms with van der Waals surface area (Å²) in [5, 5.41) is 2.90. The predicted octanol–water partition coefficient (Wildman–Crippen LogP) is 0.0391. The van der Waals surface area contributed by atoms with E-state index in [1.807, 2.05) is 36.1 Å². The fourth-order valence-corrected chi connectivity index (χ4v) is 2.39. The molecule has 1 saturated heterocycles. The van der Waals surface area contributed by atoms with Gasteiger partial charge >= 0.3 is 0 Å². The number of amides is 1. The molecule has 7 heteroatoms. The third-order valence-corrected chi connectivity index (χ3v) is 3.65. The van der Waals surface area contributed by atoms with Crippen molar-refractivity contribution in [3.63, 3.8) is 0 Å². The van der Waals surface area contributed by atoms with E-state index >= 15 is 0 Å². The number of rotatable bonds is 4. The Morgan fingerprint density at radius 2 is 2.38 bits per heavy atom. The van der Waals surface area contributed by atoms with Gasteiger partial charge in [-0.25, -0.2) is 15.8 Å². The molecule has 2 unspecified atom stereocenters. The largest absolute Gasteiger partial charge is 0.347 e. The minimum Gasteiger partial charge on any atom is -0.347 e. The van der Waals surface area contributed by atoms with Gasteiger partial charge in [0, 0.05) is 37.9 Å². The van der Waals surface area contributed by atoms with Crippen LogP contribution in [0.25, 0.3) is 0 Å². The normalized spacial score (nSPS) is 21.4. The minimum atomic E-state index is -0.254. The van der Waals surface area contributed by atoms with Crippen LogP contribution in [0.2, 0.25) is 0 Å². The van der Waals surface area contributed by atoms with Crippen molar-refractivity contribution in [3.05, 3.63) is 48.3 Å². The Balaban J connectivity index is 1.54. The van der Waals surface area contributed by atoms with Crippen LogP contribution >= 0.6 is 0 Å². The fourth-order valence-electron chi connectivity index (χ4n) is 2.39. The second kappa shape index (κ2) is 6.02. The van der Waals surface area contributed by atoms with Crippen LogP contribution in [-0.4, -0.2) is 26.5 Å². The molecule has 0 aromatic carbocycles. The molecule has 3 heterocycles. The van der Waals surface area contributed by atoms with Crippen LogP contribution in [0.15, 0.2) is 36.9 Å². The fraction of sp³-hybridized carbons (Fsp3) is 0.357. The molecule has 2 atom stereocenters. The van der Waals surface area contributed by atoms with Gasteiger partial charge < -0.3 is 9.88 Å². The molecule has 0 aliphatic carbocycles. The highest BCUT2D eigenvalue weighted by molar-refractivity contribution is 5.82. The smallest absolute Gasteiger partial charge is 0.238 e. The Morgan fingerprint density at radius 3 is 3.10 bits per heavy atom. The number of imidazole rings is 1. The molecule has 1 aliphatic rings. The standard InChI is InChI=1S/C14H18N6O/c1-20-6-5-16-13(20)9-17-14(21)12-7-11(18-19-12)10-3-2-4-15-8-10/h2-6,8,11-12,18-19H,7,9H2,1H3,(H,17,21). The molecule has 7 nitrogen and oxygen atoms in total. The number of hydrazine groups is 1. The second-order valence-corrected chi connectivity index (χ2v) is 5.09. The highest BCUT2D eigenvalue weighted by atomic mass is 16.2. The molecule has 2 aromatic rings. The molecule has 1 amide bonds. The number of hydrogen-bond acceptors (Lipinski definition) is 5. The third-order valence-electron chi connectivity index (χ3n) is 3.65. The number of nitrogens with zero attached hydrogens (tertiary/aromatic N) is 3. The van der Waals surface area contributed by atoms with Crippen molar-refractivity contribution in [1.29, 1.82) is 0 Å². The van der Waals surface area contributed by atoms with Crippen LogP contribution in [0.5, 0.6) is 0 Å². The van der Waals surface area contributed by atoms with Crippen molar-refractivity contribution >= 4 is 5.91 Å².